The van der Waals surface area contributed by atoms with E-state index in [-0.39, 0.29) is 5.69 Å². The molecular weight excluding hydrogens is 342 g/mol. The summed E-state index contributed by atoms with van der Waals surface area (Å²) in [4.78, 5) is 8.61. The monoisotopic (exact) mass is 356 g/mol. The van der Waals surface area contributed by atoms with Crippen LogP contribution in [0.4, 0.5) is 26.1 Å². The fourth-order valence-corrected chi connectivity index (χ4v) is 2.27. The molecule has 0 spiro atoms. The molecule has 0 saturated heterocycles. The van der Waals surface area contributed by atoms with Crippen LogP contribution in [0, 0.1) is 18.6 Å². The maximum absolute atomic E-state index is 13.9. The molecule has 1 aromatic heterocycles. The van der Waals surface area contributed by atoms with Crippen LogP contribution in [0.5, 0.6) is 0 Å². The first kappa shape index (κ1) is 15.6. The highest BCUT2D eigenvalue weighted by molar-refractivity contribution is 9.10. The van der Waals surface area contributed by atoms with Gasteiger partial charge in [-0.15, -0.1) is 0 Å². The summed E-state index contributed by atoms with van der Waals surface area (Å²) in [6, 6.07) is 2.39. The van der Waals surface area contributed by atoms with Crippen molar-refractivity contribution in [3.05, 3.63) is 39.6 Å². The minimum absolute atomic E-state index is 0.232. The van der Waals surface area contributed by atoms with Crippen molar-refractivity contribution in [2.45, 2.75) is 20.3 Å². The lowest BCUT2D eigenvalue weighted by Gasteiger charge is -2.14. The lowest BCUT2D eigenvalue weighted by atomic mass is 10.2. The summed E-state index contributed by atoms with van der Waals surface area (Å²) < 4.78 is 28.1. The molecule has 0 amide bonds. The van der Waals surface area contributed by atoms with Gasteiger partial charge in [0.15, 0.2) is 11.6 Å². The number of aryl methyl sites for hydroxylation is 1. The number of halogens is 3. The molecule has 0 aliphatic rings. The van der Waals surface area contributed by atoms with Gasteiger partial charge < -0.3 is 10.6 Å². The Hall–Kier alpha value is -1.76. The van der Waals surface area contributed by atoms with E-state index in [0.29, 0.717) is 33.9 Å². The van der Waals surface area contributed by atoms with Gasteiger partial charge >= 0.3 is 0 Å². The highest BCUT2D eigenvalue weighted by Gasteiger charge is 2.15. The van der Waals surface area contributed by atoms with Gasteiger partial charge in [-0.2, -0.15) is 0 Å². The SMILES string of the molecule is CCc1nc(NC)c(C)c(Nc2c(F)cc(Br)cc2F)n1. The molecule has 0 fully saturated rings. The topological polar surface area (TPSA) is 49.8 Å². The van der Waals surface area contributed by atoms with Crippen molar-refractivity contribution in [3.8, 4) is 0 Å². The predicted molar refractivity (Wildman–Crippen MR) is 83.0 cm³/mol. The molecule has 2 rings (SSSR count). The Morgan fingerprint density at radius 1 is 1.14 bits per heavy atom. The molecule has 0 unspecified atom stereocenters. The normalized spacial score (nSPS) is 10.6. The molecule has 0 radical (unpaired) electrons. The number of aromatic nitrogens is 2. The number of anilines is 3. The van der Waals surface area contributed by atoms with Crippen LogP contribution in [0.1, 0.15) is 18.3 Å². The number of rotatable bonds is 4. The van der Waals surface area contributed by atoms with Crippen LogP contribution in [-0.4, -0.2) is 17.0 Å². The largest absolute Gasteiger partial charge is 0.373 e. The Morgan fingerprint density at radius 2 is 1.71 bits per heavy atom. The first-order valence-corrected chi connectivity index (χ1v) is 7.22. The van der Waals surface area contributed by atoms with Crippen LogP contribution >= 0.6 is 15.9 Å². The maximum atomic E-state index is 13.9. The summed E-state index contributed by atoms with van der Waals surface area (Å²) in [7, 11) is 1.74. The molecule has 0 atom stereocenters. The first-order valence-electron chi connectivity index (χ1n) is 6.43. The molecule has 2 N–H and O–H groups in total. The molecule has 0 saturated carbocycles. The quantitative estimate of drug-likeness (QED) is 0.862. The summed E-state index contributed by atoms with van der Waals surface area (Å²) in [6.07, 6.45) is 0.620. The lowest BCUT2D eigenvalue weighted by molar-refractivity contribution is 0.589. The van der Waals surface area contributed by atoms with Crippen LogP contribution in [0.3, 0.4) is 0 Å². The number of hydrogen-bond acceptors (Lipinski definition) is 4. The highest BCUT2D eigenvalue weighted by Crippen LogP contribution is 2.29. The van der Waals surface area contributed by atoms with Crippen molar-refractivity contribution < 1.29 is 8.78 Å². The van der Waals surface area contributed by atoms with E-state index in [0.717, 1.165) is 0 Å². The molecule has 1 aromatic carbocycles. The van der Waals surface area contributed by atoms with Gasteiger partial charge in [0, 0.05) is 23.5 Å². The summed E-state index contributed by atoms with van der Waals surface area (Å²) in [5, 5.41) is 5.67. The summed E-state index contributed by atoms with van der Waals surface area (Å²) >= 11 is 3.05. The average molecular weight is 357 g/mol. The van der Waals surface area contributed by atoms with E-state index < -0.39 is 11.6 Å². The van der Waals surface area contributed by atoms with E-state index in [2.05, 4.69) is 36.5 Å². The molecule has 7 heteroatoms. The smallest absolute Gasteiger partial charge is 0.150 e. The zero-order valence-electron chi connectivity index (χ0n) is 11.9. The number of benzene rings is 1. The Balaban J connectivity index is 2.49. The van der Waals surface area contributed by atoms with Gasteiger partial charge in [0.1, 0.15) is 23.1 Å². The molecule has 0 bridgehead atoms. The number of hydrogen-bond donors (Lipinski definition) is 2. The third kappa shape index (κ3) is 3.29. The van der Waals surface area contributed by atoms with Gasteiger partial charge in [0.25, 0.3) is 0 Å². The Labute approximate surface area is 130 Å². The minimum Gasteiger partial charge on any atom is -0.373 e. The molecular formula is C14H15BrF2N4. The van der Waals surface area contributed by atoms with Crippen molar-refractivity contribution in [1.29, 1.82) is 0 Å². The van der Waals surface area contributed by atoms with Crippen molar-refractivity contribution in [1.82, 2.24) is 9.97 Å². The van der Waals surface area contributed by atoms with E-state index in [1.807, 2.05) is 6.92 Å². The van der Waals surface area contributed by atoms with E-state index in [1.54, 1.807) is 14.0 Å². The van der Waals surface area contributed by atoms with Gasteiger partial charge in [-0.3, -0.25) is 0 Å². The molecule has 21 heavy (non-hydrogen) atoms. The maximum Gasteiger partial charge on any atom is 0.150 e. The molecule has 0 aliphatic heterocycles. The van der Waals surface area contributed by atoms with E-state index in [1.165, 1.54) is 12.1 Å². The second-order valence-electron chi connectivity index (χ2n) is 4.44. The van der Waals surface area contributed by atoms with Crippen molar-refractivity contribution >= 4 is 33.3 Å². The van der Waals surface area contributed by atoms with Crippen LogP contribution in [0.15, 0.2) is 16.6 Å². The molecule has 112 valence electrons. The predicted octanol–water partition coefficient (Wildman–Crippen LogP) is 4.17. The number of nitrogens with zero attached hydrogens (tertiary/aromatic N) is 2. The van der Waals surface area contributed by atoms with E-state index in [9.17, 15) is 8.78 Å². The second-order valence-corrected chi connectivity index (χ2v) is 5.35. The zero-order valence-corrected chi connectivity index (χ0v) is 13.5. The fraction of sp³-hybridized carbons (Fsp3) is 0.286. The Kier molecular flexibility index (Phi) is 4.72. The summed E-state index contributed by atoms with van der Waals surface area (Å²) in [6.45, 7) is 3.69. The van der Waals surface area contributed by atoms with Gasteiger partial charge in [-0.05, 0) is 19.1 Å². The van der Waals surface area contributed by atoms with Crippen molar-refractivity contribution in [2.75, 3.05) is 17.7 Å². The van der Waals surface area contributed by atoms with Crippen LogP contribution in [-0.2, 0) is 6.42 Å². The van der Waals surface area contributed by atoms with Crippen molar-refractivity contribution in [3.63, 3.8) is 0 Å². The van der Waals surface area contributed by atoms with E-state index >= 15 is 0 Å². The molecule has 4 nitrogen and oxygen atoms in total. The molecule has 0 aliphatic carbocycles. The minimum atomic E-state index is -0.691. The third-order valence-corrected chi connectivity index (χ3v) is 3.45. The summed E-state index contributed by atoms with van der Waals surface area (Å²) in [5.41, 5.74) is 0.459. The van der Waals surface area contributed by atoms with Crippen LogP contribution in [0.25, 0.3) is 0 Å². The molecule has 2 aromatic rings. The standard InChI is InChI=1S/C14H15BrF2N4/c1-4-11-19-13(18-3)7(2)14(20-11)21-12-9(16)5-8(15)6-10(12)17/h5-6H,4H2,1-3H3,(H2,18,19,20,21). The van der Waals surface area contributed by atoms with Gasteiger partial charge in [-0.25, -0.2) is 18.7 Å². The highest BCUT2D eigenvalue weighted by atomic mass is 79.9. The Morgan fingerprint density at radius 3 is 2.24 bits per heavy atom. The second kappa shape index (κ2) is 6.34. The average Bonchev–Trinajstić information content (AvgIpc) is 2.44. The first-order chi connectivity index (χ1) is 9.96. The fourth-order valence-electron chi connectivity index (χ4n) is 1.87. The number of nitrogens with one attached hydrogen (secondary N) is 2. The lowest BCUT2D eigenvalue weighted by Crippen LogP contribution is -2.08. The Bertz CT molecular complexity index is 653. The van der Waals surface area contributed by atoms with Gasteiger partial charge in [-0.1, -0.05) is 22.9 Å². The third-order valence-electron chi connectivity index (χ3n) is 3.00. The van der Waals surface area contributed by atoms with Gasteiger partial charge in [0.05, 0.1) is 0 Å². The van der Waals surface area contributed by atoms with Gasteiger partial charge in [0.2, 0.25) is 0 Å². The zero-order chi connectivity index (χ0) is 15.6. The molecule has 1 heterocycles. The van der Waals surface area contributed by atoms with Crippen molar-refractivity contribution in [2.24, 2.45) is 0 Å². The van der Waals surface area contributed by atoms with E-state index in [4.69, 9.17) is 0 Å². The van der Waals surface area contributed by atoms with Crippen LogP contribution < -0.4 is 10.6 Å². The van der Waals surface area contributed by atoms with Crippen LogP contribution in [0.2, 0.25) is 0 Å². The summed E-state index contributed by atoms with van der Waals surface area (Å²) in [5.74, 6) is 0.215.